The monoisotopic (exact) mass is 377 g/mol. The average molecular weight is 377 g/mol. The summed E-state index contributed by atoms with van der Waals surface area (Å²) < 4.78 is 41.4. The Labute approximate surface area is 151 Å². The Hall–Kier alpha value is -2.52. The summed E-state index contributed by atoms with van der Waals surface area (Å²) in [5.41, 5.74) is 1.74. The largest absolute Gasteiger partial charge is 0.370 e. The molecule has 1 aromatic carbocycles. The quantitative estimate of drug-likeness (QED) is 0.681. The van der Waals surface area contributed by atoms with Crippen LogP contribution < -0.4 is 10.6 Å². The van der Waals surface area contributed by atoms with Crippen LogP contribution in [0, 0.1) is 12.7 Å². The van der Waals surface area contributed by atoms with E-state index in [9.17, 15) is 12.8 Å². The molecule has 0 fully saturated rings. The van der Waals surface area contributed by atoms with Gasteiger partial charge in [0.25, 0.3) is 0 Å². The molecule has 3 rings (SSSR count). The molecule has 9 heteroatoms. The Morgan fingerprint density at radius 3 is 2.65 bits per heavy atom. The van der Waals surface area contributed by atoms with Crippen molar-refractivity contribution in [2.45, 2.75) is 23.1 Å². The van der Waals surface area contributed by atoms with E-state index in [1.807, 2.05) is 20.0 Å². The molecule has 2 heterocycles. The predicted octanol–water partition coefficient (Wildman–Crippen LogP) is 1.81. The van der Waals surface area contributed by atoms with Gasteiger partial charge in [0.05, 0.1) is 4.90 Å². The molecule has 138 valence electrons. The minimum Gasteiger partial charge on any atom is -0.370 e. The highest BCUT2D eigenvalue weighted by molar-refractivity contribution is 7.91. The van der Waals surface area contributed by atoms with Crippen molar-refractivity contribution in [2.24, 2.45) is 0 Å². The van der Waals surface area contributed by atoms with Gasteiger partial charge >= 0.3 is 0 Å². The molecule has 0 saturated heterocycles. The van der Waals surface area contributed by atoms with Gasteiger partial charge in [0.15, 0.2) is 16.4 Å². The summed E-state index contributed by atoms with van der Waals surface area (Å²) in [6, 6.07) is 6.79. The van der Waals surface area contributed by atoms with E-state index in [4.69, 9.17) is 0 Å². The smallest absolute Gasteiger partial charge is 0.214 e. The number of hydrogen-bond donors (Lipinski definition) is 2. The highest BCUT2D eigenvalue weighted by Gasteiger charge is 2.29. The number of likely N-dealkylation sites (N-methyl/N-ethyl adjacent to an activating group) is 1. The number of benzene rings is 1. The van der Waals surface area contributed by atoms with E-state index >= 15 is 0 Å². The summed E-state index contributed by atoms with van der Waals surface area (Å²) in [5, 5.41) is 10.2. The molecule has 2 aromatic heterocycles. The van der Waals surface area contributed by atoms with Crippen LogP contribution in [-0.4, -0.2) is 43.7 Å². The number of halogens is 1. The standard InChI is InChI=1S/C17H20FN5O2S/c1-11-9-13(7-8-19-2)21-17-15(16(20-3)22-23(11)17)26(24,25)14-6-4-5-12(18)10-14/h4-6,9-10,19H,7-8H2,1-3H3,(H,20,22). The van der Waals surface area contributed by atoms with Gasteiger partial charge in [0.2, 0.25) is 9.84 Å². The molecule has 0 aliphatic carbocycles. The number of fused-ring (bicyclic) bond motifs is 1. The van der Waals surface area contributed by atoms with Crippen molar-refractivity contribution in [1.29, 1.82) is 0 Å². The molecule has 0 spiro atoms. The van der Waals surface area contributed by atoms with Crippen LogP contribution in [0.2, 0.25) is 0 Å². The van der Waals surface area contributed by atoms with Crippen molar-refractivity contribution >= 4 is 21.3 Å². The second-order valence-electron chi connectivity index (χ2n) is 5.87. The molecule has 0 atom stereocenters. The molecule has 0 aliphatic rings. The van der Waals surface area contributed by atoms with Crippen LogP contribution >= 0.6 is 0 Å². The molecular formula is C17H20FN5O2S. The molecular weight excluding hydrogens is 357 g/mol. The second kappa shape index (κ2) is 7.00. The number of nitrogens with one attached hydrogen (secondary N) is 2. The average Bonchev–Trinajstić information content (AvgIpc) is 3.00. The van der Waals surface area contributed by atoms with Crippen molar-refractivity contribution in [3.63, 3.8) is 0 Å². The lowest BCUT2D eigenvalue weighted by atomic mass is 10.2. The van der Waals surface area contributed by atoms with Crippen molar-refractivity contribution in [3.8, 4) is 0 Å². The summed E-state index contributed by atoms with van der Waals surface area (Å²) in [4.78, 5) is 4.31. The van der Waals surface area contributed by atoms with Crippen molar-refractivity contribution < 1.29 is 12.8 Å². The Morgan fingerprint density at radius 1 is 1.23 bits per heavy atom. The van der Waals surface area contributed by atoms with Gasteiger partial charge in [-0.1, -0.05) is 6.07 Å². The first kappa shape index (κ1) is 18.3. The third-order valence-electron chi connectivity index (χ3n) is 4.02. The Morgan fingerprint density at radius 2 is 2.00 bits per heavy atom. The maximum Gasteiger partial charge on any atom is 0.214 e. The highest BCUT2D eigenvalue weighted by Crippen LogP contribution is 2.31. The first-order chi connectivity index (χ1) is 12.4. The molecule has 0 aliphatic heterocycles. The minimum absolute atomic E-state index is 0.0555. The normalized spacial score (nSPS) is 11.8. The zero-order valence-corrected chi connectivity index (χ0v) is 15.6. The fraction of sp³-hybridized carbons (Fsp3) is 0.294. The lowest BCUT2D eigenvalue weighted by molar-refractivity contribution is 0.591. The van der Waals surface area contributed by atoms with Crippen LogP contribution in [0.4, 0.5) is 10.2 Å². The number of aryl methyl sites for hydroxylation is 1. The van der Waals surface area contributed by atoms with Crippen LogP contribution in [0.3, 0.4) is 0 Å². The topological polar surface area (TPSA) is 88.4 Å². The van der Waals surface area contributed by atoms with Gasteiger partial charge in [-0.15, -0.1) is 5.10 Å². The molecule has 0 amide bonds. The summed E-state index contributed by atoms with van der Waals surface area (Å²) in [6.45, 7) is 2.55. The van der Waals surface area contributed by atoms with Crippen LogP contribution in [0.25, 0.3) is 5.65 Å². The SMILES string of the molecule is CNCCc1cc(C)n2nc(NC)c(S(=O)(=O)c3cccc(F)c3)c2n1. The molecule has 3 aromatic rings. The first-order valence-electron chi connectivity index (χ1n) is 8.10. The van der Waals surface area contributed by atoms with Gasteiger partial charge in [0.1, 0.15) is 5.82 Å². The van der Waals surface area contributed by atoms with Crippen molar-refractivity contribution in [3.05, 3.63) is 47.5 Å². The van der Waals surface area contributed by atoms with Gasteiger partial charge in [-0.3, -0.25) is 0 Å². The van der Waals surface area contributed by atoms with E-state index in [0.717, 1.165) is 17.5 Å². The zero-order chi connectivity index (χ0) is 18.9. The van der Waals surface area contributed by atoms with Gasteiger partial charge in [-0.2, -0.15) is 0 Å². The van der Waals surface area contributed by atoms with E-state index in [1.165, 1.54) is 22.7 Å². The first-order valence-corrected chi connectivity index (χ1v) is 9.59. The van der Waals surface area contributed by atoms with E-state index in [1.54, 1.807) is 7.05 Å². The third kappa shape index (κ3) is 3.15. The van der Waals surface area contributed by atoms with Gasteiger partial charge < -0.3 is 10.6 Å². The zero-order valence-electron chi connectivity index (χ0n) is 14.7. The summed E-state index contributed by atoms with van der Waals surface area (Å²) >= 11 is 0. The lowest BCUT2D eigenvalue weighted by Crippen LogP contribution is -2.12. The van der Waals surface area contributed by atoms with Crippen molar-refractivity contribution in [2.75, 3.05) is 26.0 Å². The molecule has 0 saturated carbocycles. The Balaban J connectivity index is 2.28. The Kier molecular flexibility index (Phi) is 4.92. The van der Waals surface area contributed by atoms with Crippen LogP contribution in [0.15, 0.2) is 40.1 Å². The summed E-state index contributed by atoms with van der Waals surface area (Å²) in [6.07, 6.45) is 0.646. The van der Waals surface area contributed by atoms with E-state index in [0.29, 0.717) is 13.0 Å². The Bertz CT molecular complexity index is 1060. The van der Waals surface area contributed by atoms with Crippen LogP contribution in [-0.2, 0) is 16.3 Å². The number of anilines is 1. The number of aromatic nitrogens is 3. The predicted molar refractivity (Wildman–Crippen MR) is 96.8 cm³/mol. The van der Waals surface area contributed by atoms with E-state index in [2.05, 4.69) is 20.7 Å². The second-order valence-corrected chi connectivity index (χ2v) is 7.75. The lowest BCUT2D eigenvalue weighted by Gasteiger charge is -2.07. The maximum absolute atomic E-state index is 13.6. The maximum atomic E-state index is 13.6. The highest BCUT2D eigenvalue weighted by atomic mass is 32.2. The van der Waals surface area contributed by atoms with E-state index in [-0.39, 0.29) is 21.3 Å². The van der Waals surface area contributed by atoms with Crippen LogP contribution in [0.5, 0.6) is 0 Å². The van der Waals surface area contributed by atoms with Crippen LogP contribution in [0.1, 0.15) is 11.4 Å². The molecule has 0 bridgehead atoms. The molecule has 0 unspecified atom stereocenters. The number of hydrogen-bond acceptors (Lipinski definition) is 6. The fourth-order valence-electron chi connectivity index (χ4n) is 2.75. The van der Waals surface area contributed by atoms with Gasteiger partial charge in [-0.05, 0) is 38.2 Å². The van der Waals surface area contributed by atoms with E-state index < -0.39 is 15.7 Å². The minimum atomic E-state index is -4.01. The van der Waals surface area contributed by atoms with Gasteiger partial charge in [-0.25, -0.2) is 22.3 Å². The summed E-state index contributed by atoms with van der Waals surface area (Å²) in [5.74, 6) is -0.442. The van der Waals surface area contributed by atoms with Crippen molar-refractivity contribution in [1.82, 2.24) is 19.9 Å². The fourth-order valence-corrected chi connectivity index (χ4v) is 4.28. The number of rotatable bonds is 6. The molecule has 7 nitrogen and oxygen atoms in total. The summed E-state index contributed by atoms with van der Waals surface area (Å²) in [7, 11) is -0.582. The van der Waals surface area contributed by atoms with Gasteiger partial charge in [0, 0.05) is 31.4 Å². The number of nitrogens with zero attached hydrogens (tertiary/aromatic N) is 3. The molecule has 2 N–H and O–H groups in total. The third-order valence-corrected chi connectivity index (χ3v) is 5.81. The molecule has 26 heavy (non-hydrogen) atoms. The molecule has 0 radical (unpaired) electrons. The number of sulfone groups is 1.